The van der Waals surface area contributed by atoms with Gasteiger partial charge in [0.1, 0.15) is 12.6 Å². The van der Waals surface area contributed by atoms with E-state index >= 15 is 0 Å². The van der Waals surface area contributed by atoms with Gasteiger partial charge >= 0.3 is 0 Å². The van der Waals surface area contributed by atoms with Gasteiger partial charge < -0.3 is 10.2 Å². The molecular formula is C32H37Cl2N3O4S. The van der Waals surface area contributed by atoms with Crippen molar-refractivity contribution in [2.75, 3.05) is 10.8 Å². The van der Waals surface area contributed by atoms with E-state index in [-0.39, 0.29) is 23.4 Å². The second-order valence-corrected chi connectivity index (χ2v) is 13.3. The first-order valence-corrected chi connectivity index (χ1v) is 16.5. The molecule has 0 saturated heterocycles. The summed E-state index contributed by atoms with van der Waals surface area (Å²) >= 11 is 13.0. The average molecular weight is 631 g/mol. The molecule has 0 unspecified atom stereocenters. The number of hydrogen-bond donors (Lipinski definition) is 1. The molecule has 0 spiro atoms. The maximum atomic E-state index is 14.3. The number of amides is 2. The van der Waals surface area contributed by atoms with Gasteiger partial charge in [-0.1, -0.05) is 85.8 Å². The van der Waals surface area contributed by atoms with E-state index in [1.54, 1.807) is 54.6 Å². The zero-order valence-corrected chi connectivity index (χ0v) is 26.3. The highest BCUT2D eigenvalue weighted by atomic mass is 35.5. The smallest absolute Gasteiger partial charge is 0.264 e. The molecule has 1 fully saturated rings. The van der Waals surface area contributed by atoms with E-state index in [0.29, 0.717) is 27.7 Å². The summed E-state index contributed by atoms with van der Waals surface area (Å²) in [6, 6.07) is 19.2. The van der Waals surface area contributed by atoms with Gasteiger partial charge in [-0.2, -0.15) is 0 Å². The van der Waals surface area contributed by atoms with Gasteiger partial charge in [0, 0.05) is 28.2 Å². The van der Waals surface area contributed by atoms with Crippen LogP contribution in [0.5, 0.6) is 0 Å². The highest BCUT2D eigenvalue weighted by Gasteiger charge is 2.35. The zero-order chi connectivity index (χ0) is 30.3. The standard InChI is InChI=1S/C32H37Cl2N3O4S/c1-3-30(32(39)35-24-13-6-4-7-14-24)36(21-27-28(33)18-11-19-29(27)34)31(38)22-37(25-15-10-12-23(2)20-25)42(40,41)26-16-8-5-9-17-26/h5,8-12,15-20,24,30H,3-4,6-7,13-14,21-22H2,1-2H3,(H,35,39)/t30-/m0/s1. The summed E-state index contributed by atoms with van der Waals surface area (Å²) in [5.41, 5.74) is 1.68. The van der Waals surface area contributed by atoms with E-state index in [1.165, 1.54) is 17.0 Å². The minimum atomic E-state index is -4.13. The van der Waals surface area contributed by atoms with Crippen LogP contribution in [0.3, 0.4) is 0 Å². The summed E-state index contributed by atoms with van der Waals surface area (Å²) in [5.74, 6) is -0.813. The van der Waals surface area contributed by atoms with E-state index < -0.39 is 28.5 Å². The van der Waals surface area contributed by atoms with E-state index in [4.69, 9.17) is 23.2 Å². The van der Waals surface area contributed by atoms with Crippen LogP contribution < -0.4 is 9.62 Å². The lowest BCUT2D eigenvalue weighted by Crippen LogP contribution is -2.54. The molecule has 0 bridgehead atoms. The van der Waals surface area contributed by atoms with Crippen molar-refractivity contribution >= 4 is 50.7 Å². The number of benzene rings is 3. The molecule has 0 aromatic heterocycles. The molecule has 0 heterocycles. The van der Waals surface area contributed by atoms with Crippen molar-refractivity contribution in [2.45, 2.75) is 75.9 Å². The molecule has 1 atom stereocenters. The fraction of sp³-hybridized carbons (Fsp3) is 0.375. The number of halogens is 2. The normalized spacial score (nSPS) is 14.7. The Kier molecular flexibility index (Phi) is 10.9. The van der Waals surface area contributed by atoms with Crippen LogP contribution in [-0.2, 0) is 26.2 Å². The quantitative estimate of drug-likeness (QED) is 0.254. The predicted octanol–water partition coefficient (Wildman–Crippen LogP) is 6.75. The number of hydrogen-bond acceptors (Lipinski definition) is 4. The Morgan fingerprint density at radius 2 is 1.57 bits per heavy atom. The molecule has 0 aliphatic heterocycles. The van der Waals surface area contributed by atoms with Crippen molar-refractivity contribution < 1.29 is 18.0 Å². The molecule has 1 aliphatic carbocycles. The van der Waals surface area contributed by atoms with Crippen LogP contribution in [-0.4, -0.2) is 43.8 Å². The van der Waals surface area contributed by atoms with E-state index in [0.717, 1.165) is 42.0 Å². The fourth-order valence-corrected chi connectivity index (χ4v) is 7.29. The molecule has 3 aromatic carbocycles. The lowest BCUT2D eigenvalue weighted by Gasteiger charge is -2.35. The first-order valence-electron chi connectivity index (χ1n) is 14.3. The average Bonchev–Trinajstić information content (AvgIpc) is 2.98. The Bertz CT molecular complexity index is 1470. The fourth-order valence-electron chi connectivity index (χ4n) is 5.35. The number of aryl methyl sites for hydroxylation is 1. The van der Waals surface area contributed by atoms with Gasteiger partial charge in [0.2, 0.25) is 11.8 Å². The number of rotatable bonds is 11. The molecule has 42 heavy (non-hydrogen) atoms. The maximum Gasteiger partial charge on any atom is 0.264 e. The van der Waals surface area contributed by atoms with Crippen LogP contribution >= 0.6 is 23.2 Å². The third kappa shape index (κ3) is 7.65. The van der Waals surface area contributed by atoms with Gasteiger partial charge in [0.25, 0.3) is 10.0 Å². The first kappa shape index (κ1) is 31.9. The summed E-state index contributed by atoms with van der Waals surface area (Å²) in [5, 5.41) is 3.85. The van der Waals surface area contributed by atoms with Gasteiger partial charge in [-0.3, -0.25) is 13.9 Å². The summed E-state index contributed by atoms with van der Waals surface area (Å²) in [6.07, 6.45) is 5.34. The summed E-state index contributed by atoms with van der Waals surface area (Å²) < 4.78 is 29.0. The number of sulfonamides is 1. The van der Waals surface area contributed by atoms with Crippen molar-refractivity contribution in [1.82, 2.24) is 10.2 Å². The molecule has 0 radical (unpaired) electrons. The third-order valence-corrected chi connectivity index (χ3v) is 10.1. The monoisotopic (exact) mass is 629 g/mol. The van der Waals surface area contributed by atoms with Crippen LogP contribution in [0, 0.1) is 6.92 Å². The van der Waals surface area contributed by atoms with Crippen molar-refractivity contribution in [3.8, 4) is 0 Å². The van der Waals surface area contributed by atoms with Crippen molar-refractivity contribution in [1.29, 1.82) is 0 Å². The molecule has 3 aromatic rings. The lowest BCUT2D eigenvalue weighted by atomic mass is 9.95. The van der Waals surface area contributed by atoms with Crippen molar-refractivity contribution in [2.24, 2.45) is 0 Å². The largest absolute Gasteiger partial charge is 0.352 e. The molecule has 1 aliphatic rings. The second-order valence-electron chi connectivity index (χ2n) is 10.7. The molecule has 1 saturated carbocycles. The van der Waals surface area contributed by atoms with Crippen LogP contribution in [0.4, 0.5) is 5.69 Å². The molecule has 224 valence electrons. The molecule has 10 heteroatoms. The number of nitrogens with zero attached hydrogens (tertiary/aromatic N) is 2. The predicted molar refractivity (Wildman–Crippen MR) is 168 cm³/mol. The second kappa shape index (κ2) is 14.4. The molecule has 1 N–H and O–H groups in total. The molecule has 7 nitrogen and oxygen atoms in total. The minimum absolute atomic E-state index is 0.0448. The summed E-state index contributed by atoms with van der Waals surface area (Å²) in [6.45, 7) is 3.11. The Hall–Kier alpha value is -3.07. The SMILES string of the molecule is CC[C@@H](C(=O)NC1CCCCC1)N(Cc1c(Cl)cccc1Cl)C(=O)CN(c1cccc(C)c1)S(=O)(=O)c1ccccc1. The summed E-state index contributed by atoms with van der Waals surface area (Å²) in [4.78, 5) is 29.4. The lowest BCUT2D eigenvalue weighted by molar-refractivity contribution is -0.140. The molecule has 2 amide bonds. The number of anilines is 1. The Balaban J connectivity index is 1.73. The number of carbonyl (C=O) groups excluding carboxylic acids is 2. The van der Waals surface area contributed by atoms with Gasteiger partial charge in [-0.25, -0.2) is 8.42 Å². The highest BCUT2D eigenvalue weighted by molar-refractivity contribution is 7.92. The van der Waals surface area contributed by atoms with Gasteiger partial charge in [0.05, 0.1) is 10.6 Å². The van der Waals surface area contributed by atoms with Crippen molar-refractivity contribution in [3.63, 3.8) is 0 Å². The van der Waals surface area contributed by atoms with E-state index in [1.807, 2.05) is 19.9 Å². The van der Waals surface area contributed by atoms with Crippen molar-refractivity contribution in [3.05, 3.63) is 94.0 Å². The van der Waals surface area contributed by atoms with Gasteiger partial charge in [0.15, 0.2) is 0 Å². The Labute approximate surface area is 258 Å². The summed E-state index contributed by atoms with van der Waals surface area (Å²) in [7, 11) is -4.13. The van der Waals surface area contributed by atoms with Crippen LogP contribution in [0.2, 0.25) is 10.0 Å². The highest BCUT2D eigenvalue weighted by Crippen LogP contribution is 2.29. The maximum absolute atomic E-state index is 14.3. The van der Waals surface area contributed by atoms with Gasteiger partial charge in [-0.05, 0) is 68.1 Å². The van der Waals surface area contributed by atoms with E-state index in [9.17, 15) is 18.0 Å². The van der Waals surface area contributed by atoms with Crippen LogP contribution in [0.25, 0.3) is 0 Å². The number of nitrogens with one attached hydrogen (secondary N) is 1. The first-order chi connectivity index (χ1) is 20.1. The minimum Gasteiger partial charge on any atom is -0.352 e. The van der Waals surface area contributed by atoms with Crippen LogP contribution in [0.1, 0.15) is 56.6 Å². The Morgan fingerprint density at radius 3 is 2.19 bits per heavy atom. The number of carbonyl (C=O) groups is 2. The van der Waals surface area contributed by atoms with E-state index in [2.05, 4.69) is 5.32 Å². The topological polar surface area (TPSA) is 86.8 Å². The van der Waals surface area contributed by atoms with Crippen LogP contribution in [0.15, 0.2) is 77.7 Å². The molecule has 4 rings (SSSR count). The zero-order valence-electron chi connectivity index (χ0n) is 23.9. The molecular weight excluding hydrogens is 593 g/mol. The Morgan fingerprint density at radius 1 is 0.929 bits per heavy atom. The van der Waals surface area contributed by atoms with Gasteiger partial charge in [-0.15, -0.1) is 0 Å². The third-order valence-electron chi connectivity index (χ3n) is 7.63.